The summed E-state index contributed by atoms with van der Waals surface area (Å²) in [6, 6.07) is 6.02. The Morgan fingerprint density at radius 3 is 2.75 bits per heavy atom. The Balaban J connectivity index is 1.65. The largest absolute Gasteiger partial charge is 0.464 e. The van der Waals surface area contributed by atoms with Crippen molar-refractivity contribution in [1.82, 2.24) is 14.9 Å². The fourth-order valence-corrected chi connectivity index (χ4v) is 3.93. The van der Waals surface area contributed by atoms with Crippen LogP contribution in [0.2, 0.25) is 0 Å². The minimum absolute atomic E-state index is 0.0681. The molecule has 128 valence electrons. The molecule has 3 heterocycles. The lowest BCUT2D eigenvalue weighted by Gasteiger charge is -2.23. The van der Waals surface area contributed by atoms with Gasteiger partial charge in [0.1, 0.15) is 11.5 Å². The molecule has 1 saturated heterocycles. The summed E-state index contributed by atoms with van der Waals surface area (Å²) in [6.07, 6.45) is 2.86. The Morgan fingerprint density at radius 1 is 1.33 bits per heavy atom. The summed E-state index contributed by atoms with van der Waals surface area (Å²) in [6.45, 7) is 6.75. The molecule has 0 aliphatic carbocycles. The quantitative estimate of drug-likeness (QED) is 0.611. The molecule has 0 spiro atoms. The smallest absolute Gasteiger partial charge is 0.233 e. The van der Waals surface area contributed by atoms with E-state index in [1.54, 1.807) is 0 Å². The van der Waals surface area contributed by atoms with Crippen molar-refractivity contribution in [2.24, 2.45) is 0 Å². The monoisotopic (exact) mass is 345 g/mol. The van der Waals surface area contributed by atoms with Gasteiger partial charge in [0, 0.05) is 24.4 Å². The lowest BCUT2D eigenvalue weighted by molar-refractivity contribution is -0.129. The maximum Gasteiger partial charge on any atom is 0.233 e. The number of carbonyl (C=O) groups is 1. The Hall–Kier alpha value is -1.82. The standard InChI is InChI=1S/C18H23N3O2S/c1-4-14-7-8-16(23-14)15-6-5-9-21(15)17(22)11-24-18-19-12(2)10-13(3)20-18/h7-8,10,15H,4-6,9,11H2,1-3H3/t15-/m1/s1. The molecule has 24 heavy (non-hydrogen) atoms. The van der Waals surface area contributed by atoms with Crippen molar-refractivity contribution in [3.63, 3.8) is 0 Å². The van der Waals surface area contributed by atoms with Crippen molar-refractivity contribution < 1.29 is 9.21 Å². The van der Waals surface area contributed by atoms with Crippen LogP contribution in [0.1, 0.15) is 48.7 Å². The van der Waals surface area contributed by atoms with E-state index >= 15 is 0 Å². The minimum Gasteiger partial charge on any atom is -0.464 e. The predicted molar refractivity (Wildman–Crippen MR) is 94.0 cm³/mol. The highest BCUT2D eigenvalue weighted by molar-refractivity contribution is 7.99. The van der Waals surface area contributed by atoms with Gasteiger partial charge in [-0.3, -0.25) is 4.79 Å². The third-order valence-electron chi connectivity index (χ3n) is 4.22. The van der Waals surface area contributed by atoms with Crippen molar-refractivity contribution >= 4 is 17.7 Å². The van der Waals surface area contributed by atoms with E-state index in [0.29, 0.717) is 10.9 Å². The summed E-state index contributed by atoms with van der Waals surface area (Å²) in [4.78, 5) is 23.4. The number of hydrogen-bond acceptors (Lipinski definition) is 5. The zero-order chi connectivity index (χ0) is 17.1. The number of rotatable bonds is 5. The van der Waals surface area contributed by atoms with Gasteiger partial charge in [-0.25, -0.2) is 9.97 Å². The molecule has 0 aromatic carbocycles. The lowest BCUT2D eigenvalue weighted by Crippen LogP contribution is -2.31. The third-order valence-corrected chi connectivity index (χ3v) is 5.05. The van der Waals surface area contributed by atoms with Gasteiger partial charge < -0.3 is 9.32 Å². The summed E-state index contributed by atoms with van der Waals surface area (Å²) in [7, 11) is 0. The first-order chi connectivity index (χ1) is 11.6. The molecule has 3 rings (SSSR count). The summed E-state index contributed by atoms with van der Waals surface area (Å²) in [5.74, 6) is 2.37. The molecule has 1 aliphatic heterocycles. The average molecular weight is 345 g/mol. The molecule has 6 heteroatoms. The number of carbonyl (C=O) groups excluding carboxylic acids is 1. The van der Waals surface area contributed by atoms with Gasteiger partial charge >= 0.3 is 0 Å². The fourth-order valence-electron chi connectivity index (χ4n) is 3.09. The van der Waals surface area contributed by atoms with Crippen LogP contribution in [-0.2, 0) is 11.2 Å². The topological polar surface area (TPSA) is 59.2 Å². The van der Waals surface area contributed by atoms with Gasteiger partial charge in [-0.05, 0) is 44.9 Å². The first-order valence-corrected chi connectivity index (χ1v) is 9.38. The SMILES string of the molecule is CCc1ccc([C@H]2CCCN2C(=O)CSc2nc(C)cc(C)n2)o1. The molecule has 1 aliphatic rings. The molecular weight excluding hydrogens is 322 g/mol. The Labute approximate surface area is 146 Å². The molecule has 1 atom stereocenters. The highest BCUT2D eigenvalue weighted by atomic mass is 32.2. The fraction of sp³-hybridized carbons (Fsp3) is 0.500. The number of nitrogens with zero attached hydrogens (tertiary/aromatic N) is 3. The van der Waals surface area contributed by atoms with Gasteiger partial charge in [-0.2, -0.15) is 0 Å². The molecular formula is C18H23N3O2S. The summed E-state index contributed by atoms with van der Waals surface area (Å²) < 4.78 is 5.87. The number of hydrogen-bond donors (Lipinski definition) is 0. The van der Waals surface area contributed by atoms with Gasteiger partial charge in [0.05, 0.1) is 11.8 Å². The van der Waals surface area contributed by atoms with Crippen molar-refractivity contribution in [2.75, 3.05) is 12.3 Å². The normalized spacial score (nSPS) is 17.5. The van der Waals surface area contributed by atoms with E-state index in [2.05, 4.69) is 16.9 Å². The zero-order valence-electron chi connectivity index (χ0n) is 14.4. The van der Waals surface area contributed by atoms with Crippen LogP contribution in [0.15, 0.2) is 27.8 Å². The van der Waals surface area contributed by atoms with E-state index in [1.165, 1.54) is 11.8 Å². The summed E-state index contributed by atoms with van der Waals surface area (Å²) in [5.41, 5.74) is 1.86. The van der Waals surface area contributed by atoms with E-state index in [-0.39, 0.29) is 11.9 Å². The van der Waals surface area contributed by atoms with E-state index in [4.69, 9.17) is 4.42 Å². The van der Waals surface area contributed by atoms with Crippen LogP contribution in [0.3, 0.4) is 0 Å². The first kappa shape index (κ1) is 17.0. The van der Waals surface area contributed by atoms with Crippen molar-refractivity contribution in [1.29, 1.82) is 0 Å². The van der Waals surface area contributed by atoms with Crippen LogP contribution in [0.25, 0.3) is 0 Å². The molecule has 2 aromatic rings. The van der Waals surface area contributed by atoms with Gasteiger partial charge in [0.25, 0.3) is 0 Å². The van der Waals surface area contributed by atoms with Crippen LogP contribution in [0.5, 0.6) is 0 Å². The summed E-state index contributed by atoms with van der Waals surface area (Å²) >= 11 is 1.41. The van der Waals surface area contributed by atoms with E-state index in [9.17, 15) is 4.79 Å². The Morgan fingerprint density at radius 2 is 2.08 bits per heavy atom. The van der Waals surface area contributed by atoms with Crippen LogP contribution in [-0.4, -0.2) is 33.1 Å². The average Bonchev–Trinajstić information content (AvgIpc) is 3.20. The number of thioether (sulfide) groups is 1. The number of likely N-dealkylation sites (tertiary alicyclic amines) is 1. The molecule has 0 N–H and O–H groups in total. The number of furan rings is 1. The first-order valence-electron chi connectivity index (χ1n) is 8.40. The Kier molecular flexibility index (Phi) is 5.23. The van der Waals surface area contributed by atoms with E-state index in [1.807, 2.05) is 36.9 Å². The second-order valence-electron chi connectivity index (χ2n) is 6.12. The lowest BCUT2D eigenvalue weighted by atomic mass is 10.1. The van der Waals surface area contributed by atoms with Gasteiger partial charge in [0.2, 0.25) is 5.91 Å². The van der Waals surface area contributed by atoms with Crippen molar-refractivity contribution in [3.05, 3.63) is 41.1 Å². The second-order valence-corrected chi connectivity index (χ2v) is 7.07. The molecule has 0 saturated carbocycles. The van der Waals surface area contributed by atoms with Crippen LogP contribution in [0.4, 0.5) is 0 Å². The minimum atomic E-state index is 0.0681. The highest BCUT2D eigenvalue weighted by Crippen LogP contribution is 2.33. The highest BCUT2D eigenvalue weighted by Gasteiger charge is 2.32. The number of aromatic nitrogens is 2. The predicted octanol–water partition coefficient (Wildman–Crippen LogP) is 3.70. The molecule has 2 aromatic heterocycles. The van der Waals surface area contributed by atoms with E-state index in [0.717, 1.165) is 48.7 Å². The molecule has 1 fully saturated rings. The van der Waals surface area contributed by atoms with Crippen LogP contribution in [0, 0.1) is 13.8 Å². The molecule has 0 unspecified atom stereocenters. The Bertz CT molecular complexity index is 709. The van der Waals surface area contributed by atoms with Crippen molar-refractivity contribution in [2.45, 2.75) is 51.2 Å². The third kappa shape index (κ3) is 3.80. The van der Waals surface area contributed by atoms with Gasteiger partial charge in [-0.1, -0.05) is 18.7 Å². The zero-order valence-corrected chi connectivity index (χ0v) is 15.2. The molecule has 0 bridgehead atoms. The van der Waals surface area contributed by atoms with Gasteiger partial charge in [-0.15, -0.1) is 0 Å². The van der Waals surface area contributed by atoms with E-state index < -0.39 is 0 Å². The van der Waals surface area contributed by atoms with Crippen LogP contribution >= 0.6 is 11.8 Å². The molecule has 0 radical (unpaired) electrons. The molecule has 5 nitrogen and oxygen atoms in total. The van der Waals surface area contributed by atoms with Crippen molar-refractivity contribution in [3.8, 4) is 0 Å². The maximum atomic E-state index is 12.7. The number of amides is 1. The molecule has 1 amide bonds. The number of aryl methyl sites for hydroxylation is 3. The maximum absolute atomic E-state index is 12.7. The van der Waals surface area contributed by atoms with Crippen LogP contribution < -0.4 is 0 Å². The second kappa shape index (κ2) is 7.38. The summed E-state index contributed by atoms with van der Waals surface area (Å²) in [5, 5.41) is 0.669. The van der Waals surface area contributed by atoms with Gasteiger partial charge in [0.15, 0.2) is 5.16 Å².